The Hall–Kier alpha value is -3.03. The summed E-state index contributed by atoms with van der Waals surface area (Å²) in [5, 5.41) is 16.6. The van der Waals surface area contributed by atoms with Gasteiger partial charge in [-0.15, -0.1) is 0 Å². The highest BCUT2D eigenvalue weighted by Crippen LogP contribution is 2.22. The second kappa shape index (κ2) is 7.03. The highest BCUT2D eigenvalue weighted by molar-refractivity contribution is 5.68. The number of alkyl carbamates (subject to hydrolysis) is 1. The molecule has 0 aromatic heterocycles. The summed E-state index contributed by atoms with van der Waals surface area (Å²) in [5.41, 5.74) is 2.17. The summed E-state index contributed by atoms with van der Waals surface area (Å²) in [6.45, 7) is 0.538. The van der Waals surface area contributed by atoms with Gasteiger partial charge in [0, 0.05) is 10.5 Å². The molecule has 0 spiro atoms. The maximum absolute atomic E-state index is 12.0. The first kappa shape index (κ1) is 15.9. The lowest BCUT2D eigenvalue weighted by Crippen LogP contribution is -2.47. The van der Waals surface area contributed by atoms with Gasteiger partial charge in [-0.1, -0.05) is 30.3 Å². The lowest BCUT2D eigenvalue weighted by Gasteiger charge is -2.30. The van der Waals surface area contributed by atoms with Crippen LogP contribution in [-0.4, -0.2) is 36.3 Å². The van der Waals surface area contributed by atoms with Gasteiger partial charge in [-0.05, 0) is 11.6 Å². The van der Waals surface area contributed by atoms with Crippen LogP contribution in [0.4, 0.5) is 4.79 Å². The topological polar surface area (TPSA) is 103 Å². The van der Waals surface area contributed by atoms with Crippen molar-refractivity contribution in [1.29, 1.82) is 0 Å². The summed E-state index contributed by atoms with van der Waals surface area (Å²) in [5.74, 6) is 0. The summed E-state index contributed by atoms with van der Waals surface area (Å²) >= 11 is 0. The number of rotatable bonds is 4. The molecule has 0 fully saturated rings. The second-order valence-corrected chi connectivity index (χ2v) is 5.48. The number of nitrogens with zero attached hydrogens (tertiary/aromatic N) is 1. The van der Waals surface area contributed by atoms with Gasteiger partial charge in [-0.25, -0.2) is 4.79 Å². The van der Waals surface area contributed by atoms with E-state index in [1.165, 1.54) is 6.26 Å². The third-order valence-electron chi connectivity index (χ3n) is 3.80. The molecule has 2 atom stereocenters. The number of nitrogens with one attached hydrogen (secondary N) is 2. The Morgan fingerprint density at radius 2 is 2.21 bits per heavy atom. The molecular weight excluding hydrogens is 314 g/mol. The van der Waals surface area contributed by atoms with Crippen LogP contribution in [0, 0.1) is 10.1 Å². The number of fused-ring (bicyclic) bond motifs is 1. The predicted octanol–water partition coefficient (Wildman–Crippen LogP) is 1.33. The molecule has 0 saturated carbocycles. The Balaban J connectivity index is 1.62. The third kappa shape index (κ3) is 3.65. The predicted molar refractivity (Wildman–Crippen MR) is 84.5 cm³/mol. The molecule has 3 rings (SSSR count). The number of carbonyl (C=O) groups is 1. The van der Waals surface area contributed by atoms with E-state index >= 15 is 0 Å². The fourth-order valence-electron chi connectivity index (χ4n) is 2.57. The molecule has 126 valence electrons. The summed E-state index contributed by atoms with van der Waals surface area (Å²) in [7, 11) is 0. The number of ether oxygens (including phenoxy) is 2. The van der Waals surface area contributed by atoms with Crippen molar-refractivity contribution in [2.45, 2.75) is 18.7 Å². The molecule has 2 aliphatic rings. The SMILES string of the molecule is O=C(NC1COC=C2NCC([N+](=O)[O-])C=C21)OCc1ccccc1. The van der Waals surface area contributed by atoms with Crippen molar-refractivity contribution in [3.63, 3.8) is 0 Å². The van der Waals surface area contributed by atoms with E-state index in [0.717, 1.165) is 5.56 Å². The first-order chi connectivity index (χ1) is 11.6. The number of nitro groups is 1. The van der Waals surface area contributed by atoms with Gasteiger partial charge in [-0.3, -0.25) is 10.1 Å². The Bertz CT molecular complexity index is 686. The van der Waals surface area contributed by atoms with Crippen molar-refractivity contribution < 1.29 is 19.2 Å². The summed E-state index contributed by atoms with van der Waals surface area (Å²) in [6, 6.07) is 7.98. The zero-order valence-electron chi connectivity index (χ0n) is 12.8. The highest BCUT2D eigenvalue weighted by atomic mass is 16.6. The van der Waals surface area contributed by atoms with E-state index in [1.807, 2.05) is 30.3 Å². The van der Waals surface area contributed by atoms with Crippen molar-refractivity contribution in [2.75, 3.05) is 13.2 Å². The van der Waals surface area contributed by atoms with Crippen LogP contribution in [0.25, 0.3) is 0 Å². The first-order valence-corrected chi connectivity index (χ1v) is 7.52. The summed E-state index contributed by atoms with van der Waals surface area (Å²) < 4.78 is 10.5. The molecule has 1 aromatic rings. The smallest absolute Gasteiger partial charge is 0.408 e. The van der Waals surface area contributed by atoms with Crippen LogP contribution >= 0.6 is 0 Å². The van der Waals surface area contributed by atoms with Gasteiger partial charge in [0.25, 0.3) is 0 Å². The third-order valence-corrected chi connectivity index (χ3v) is 3.80. The fourth-order valence-corrected chi connectivity index (χ4v) is 2.57. The molecule has 2 aliphatic heterocycles. The Morgan fingerprint density at radius 3 is 2.96 bits per heavy atom. The average Bonchev–Trinajstić information content (AvgIpc) is 2.61. The Labute approximate surface area is 138 Å². The van der Waals surface area contributed by atoms with Crippen LogP contribution in [0.1, 0.15) is 5.56 Å². The normalized spacial score (nSPS) is 22.0. The molecule has 1 amide bonds. The molecule has 0 aliphatic carbocycles. The number of benzene rings is 1. The second-order valence-electron chi connectivity index (χ2n) is 5.48. The van der Waals surface area contributed by atoms with Crippen LogP contribution in [0.2, 0.25) is 0 Å². The van der Waals surface area contributed by atoms with Gasteiger partial charge in [0.05, 0.1) is 18.3 Å². The van der Waals surface area contributed by atoms with Crippen LogP contribution in [-0.2, 0) is 16.1 Å². The minimum Gasteiger partial charge on any atom is -0.497 e. The summed E-state index contributed by atoms with van der Waals surface area (Å²) in [4.78, 5) is 22.6. The molecule has 2 N–H and O–H groups in total. The molecule has 0 saturated heterocycles. The fraction of sp³-hybridized carbons (Fsp3) is 0.312. The van der Waals surface area contributed by atoms with E-state index in [2.05, 4.69) is 10.6 Å². The summed E-state index contributed by atoms with van der Waals surface area (Å²) in [6.07, 6.45) is 2.46. The van der Waals surface area contributed by atoms with Gasteiger partial charge in [0.2, 0.25) is 6.04 Å². The minimum absolute atomic E-state index is 0.151. The zero-order chi connectivity index (χ0) is 16.9. The van der Waals surface area contributed by atoms with E-state index in [0.29, 0.717) is 11.3 Å². The van der Waals surface area contributed by atoms with Gasteiger partial charge in [-0.2, -0.15) is 0 Å². The van der Waals surface area contributed by atoms with Crippen molar-refractivity contribution in [3.05, 3.63) is 69.6 Å². The van der Waals surface area contributed by atoms with Crippen LogP contribution in [0.5, 0.6) is 0 Å². The molecule has 2 unspecified atom stereocenters. The molecular formula is C16H17N3O5. The van der Waals surface area contributed by atoms with Crippen molar-refractivity contribution >= 4 is 6.09 Å². The Kier molecular flexibility index (Phi) is 4.64. The van der Waals surface area contributed by atoms with Gasteiger partial charge < -0.3 is 20.1 Å². The van der Waals surface area contributed by atoms with Crippen LogP contribution in [0.3, 0.4) is 0 Å². The largest absolute Gasteiger partial charge is 0.497 e. The lowest BCUT2D eigenvalue weighted by molar-refractivity contribution is -0.507. The highest BCUT2D eigenvalue weighted by Gasteiger charge is 2.32. The molecule has 24 heavy (non-hydrogen) atoms. The molecule has 2 heterocycles. The van der Waals surface area contributed by atoms with E-state index in [1.54, 1.807) is 6.08 Å². The van der Waals surface area contributed by atoms with Crippen molar-refractivity contribution in [3.8, 4) is 0 Å². The Morgan fingerprint density at radius 1 is 1.42 bits per heavy atom. The quantitative estimate of drug-likeness (QED) is 0.637. The van der Waals surface area contributed by atoms with E-state index in [9.17, 15) is 14.9 Å². The van der Waals surface area contributed by atoms with Crippen molar-refractivity contribution in [1.82, 2.24) is 10.6 Å². The monoisotopic (exact) mass is 331 g/mol. The molecule has 8 heteroatoms. The number of carbonyl (C=O) groups excluding carboxylic acids is 1. The zero-order valence-corrected chi connectivity index (χ0v) is 12.8. The van der Waals surface area contributed by atoms with Gasteiger partial charge >= 0.3 is 6.09 Å². The van der Waals surface area contributed by atoms with Gasteiger partial charge in [0.1, 0.15) is 19.5 Å². The van der Waals surface area contributed by atoms with Crippen LogP contribution < -0.4 is 10.6 Å². The molecule has 1 aromatic carbocycles. The maximum atomic E-state index is 12.0. The number of hydrogen-bond acceptors (Lipinski definition) is 6. The average molecular weight is 331 g/mol. The van der Waals surface area contributed by atoms with E-state index < -0.39 is 18.2 Å². The molecule has 0 bridgehead atoms. The lowest BCUT2D eigenvalue weighted by atomic mass is 9.97. The molecule has 8 nitrogen and oxygen atoms in total. The van der Waals surface area contributed by atoms with E-state index in [-0.39, 0.29) is 24.7 Å². The number of hydrogen-bond donors (Lipinski definition) is 2. The van der Waals surface area contributed by atoms with Crippen molar-refractivity contribution in [2.24, 2.45) is 0 Å². The minimum atomic E-state index is -0.833. The standard InChI is InChI=1S/C16H17N3O5/c20-16(24-8-11-4-2-1-3-5-11)18-15-10-23-9-14-13(15)6-12(7-17-14)19(21)22/h1-6,9,12,15,17H,7-8,10H2,(H,18,20). The maximum Gasteiger partial charge on any atom is 0.408 e. The van der Waals surface area contributed by atoms with Crippen LogP contribution in [0.15, 0.2) is 53.9 Å². The van der Waals surface area contributed by atoms with E-state index in [4.69, 9.17) is 9.47 Å². The first-order valence-electron chi connectivity index (χ1n) is 7.52. The molecule has 0 radical (unpaired) electrons. The number of amides is 1. The van der Waals surface area contributed by atoms with Gasteiger partial charge in [0.15, 0.2) is 0 Å².